The van der Waals surface area contributed by atoms with Crippen LogP contribution in [0.2, 0.25) is 0 Å². The van der Waals surface area contributed by atoms with E-state index in [4.69, 9.17) is 0 Å². The Morgan fingerprint density at radius 3 is 1.83 bits per heavy atom. The zero-order valence-electron chi connectivity index (χ0n) is 8.16. The summed E-state index contributed by atoms with van der Waals surface area (Å²) < 4.78 is 102. The van der Waals surface area contributed by atoms with E-state index in [9.17, 15) is 35.1 Å². The molecule has 0 atom stereocenters. The van der Waals surface area contributed by atoms with Gasteiger partial charge in [-0.05, 0) is 0 Å². The third kappa shape index (κ3) is 2.79. The third-order valence-corrected chi connectivity index (χ3v) is 1.69. The maximum Gasteiger partial charge on any atom is 0.340 e. The van der Waals surface area contributed by atoms with Crippen molar-refractivity contribution in [2.75, 3.05) is 6.61 Å². The van der Waals surface area contributed by atoms with Crippen LogP contribution in [0.1, 0.15) is 0 Å². The van der Waals surface area contributed by atoms with Crippen LogP contribution in [0.5, 0.6) is 5.75 Å². The Labute approximate surface area is 94.2 Å². The van der Waals surface area contributed by atoms with E-state index in [1.54, 1.807) is 0 Å². The summed E-state index contributed by atoms with van der Waals surface area (Å²) in [5, 5.41) is 0. The van der Waals surface area contributed by atoms with Gasteiger partial charge in [-0.1, -0.05) is 0 Å². The molecule has 0 saturated heterocycles. The van der Waals surface area contributed by atoms with Crippen molar-refractivity contribution in [2.45, 2.75) is 12.3 Å². The van der Waals surface area contributed by atoms with Crippen LogP contribution in [0.15, 0.2) is 0 Å². The normalized spacial score (nSPS) is 12.1. The topological polar surface area (TPSA) is 22.1 Å². The maximum atomic E-state index is 12.8. The molecule has 0 aliphatic rings. The molecule has 1 aromatic heterocycles. The summed E-state index contributed by atoms with van der Waals surface area (Å²) in [6.07, 6.45) is -4.17. The Kier molecular flexibility index (Phi) is 3.97. The minimum Gasteiger partial charge on any atom is -0.481 e. The smallest absolute Gasteiger partial charge is 0.340 e. The average Bonchev–Trinajstić information content (AvgIpc) is 2.26. The fraction of sp³-hybridized carbons (Fsp3) is 0.375. The van der Waals surface area contributed by atoms with Gasteiger partial charge in [-0.25, -0.2) is 8.78 Å². The standard InChI is InChI=1S/C8H3F8NO/c9-2-4(3(10)6(12)17-5(2)11)18-1-8(15,16)7(13)14/h7H,1H2. The van der Waals surface area contributed by atoms with E-state index >= 15 is 0 Å². The molecule has 1 heterocycles. The second-order valence-electron chi connectivity index (χ2n) is 3.00. The second kappa shape index (κ2) is 4.94. The van der Waals surface area contributed by atoms with Gasteiger partial charge in [-0.15, -0.1) is 0 Å². The minimum atomic E-state index is -4.73. The highest BCUT2D eigenvalue weighted by Crippen LogP contribution is 2.28. The third-order valence-electron chi connectivity index (χ3n) is 1.69. The molecule has 2 nitrogen and oxygen atoms in total. The largest absolute Gasteiger partial charge is 0.481 e. The van der Waals surface area contributed by atoms with Gasteiger partial charge in [0, 0.05) is 0 Å². The SMILES string of the molecule is Fc1nc(F)c(F)c(OCC(F)(F)C(F)F)c1F. The van der Waals surface area contributed by atoms with Crippen molar-refractivity contribution in [2.24, 2.45) is 0 Å². The van der Waals surface area contributed by atoms with Crippen LogP contribution in [-0.4, -0.2) is 23.9 Å². The first kappa shape index (κ1) is 14.5. The lowest BCUT2D eigenvalue weighted by molar-refractivity contribution is -0.149. The molecule has 0 N–H and O–H groups in total. The summed E-state index contributed by atoms with van der Waals surface area (Å²) in [5.41, 5.74) is 0. The number of alkyl halides is 4. The molecule has 10 heteroatoms. The van der Waals surface area contributed by atoms with Gasteiger partial charge >= 0.3 is 12.3 Å². The second-order valence-corrected chi connectivity index (χ2v) is 3.00. The molecule has 0 fully saturated rings. The first-order chi connectivity index (χ1) is 8.16. The van der Waals surface area contributed by atoms with E-state index in [1.807, 2.05) is 0 Å². The first-order valence-corrected chi connectivity index (χ1v) is 4.15. The highest BCUT2D eigenvalue weighted by Gasteiger charge is 2.42. The summed E-state index contributed by atoms with van der Waals surface area (Å²) in [7, 11) is 0. The van der Waals surface area contributed by atoms with E-state index in [2.05, 4.69) is 9.72 Å². The predicted molar refractivity (Wildman–Crippen MR) is 40.5 cm³/mol. The molecule has 0 aliphatic carbocycles. The number of hydrogen-bond acceptors (Lipinski definition) is 2. The van der Waals surface area contributed by atoms with E-state index < -0.39 is 48.2 Å². The molecule has 0 aromatic carbocycles. The Morgan fingerprint density at radius 2 is 1.44 bits per heavy atom. The number of nitrogens with zero attached hydrogens (tertiary/aromatic N) is 1. The molecule has 18 heavy (non-hydrogen) atoms. The summed E-state index contributed by atoms with van der Waals surface area (Å²) >= 11 is 0. The van der Waals surface area contributed by atoms with Crippen molar-refractivity contribution in [3.63, 3.8) is 0 Å². The molecular formula is C8H3F8NO. The number of ether oxygens (including phenoxy) is 1. The number of aromatic nitrogens is 1. The van der Waals surface area contributed by atoms with E-state index in [0.29, 0.717) is 0 Å². The summed E-state index contributed by atoms with van der Waals surface area (Å²) in [6, 6.07) is 0. The van der Waals surface area contributed by atoms with Crippen molar-refractivity contribution < 1.29 is 39.9 Å². The zero-order valence-corrected chi connectivity index (χ0v) is 8.16. The summed E-state index contributed by atoms with van der Waals surface area (Å²) in [6.45, 7) is -2.15. The number of halogens is 8. The first-order valence-electron chi connectivity index (χ1n) is 4.15. The quantitative estimate of drug-likeness (QED) is 0.625. The minimum absolute atomic E-state index is 1.87. The molecule has 1 rings (SSSR count). The lowest BCUT2D eigenvalue weighted by Crippen LogP contribution is -2.34. The lowest BCUT2D eigenvalue weighted by atomic mass is 10.3. The number of rotatable bonds is 4. The average molecular weight is 281 g/mol. The van der Waals surface area contributed by atoms with Crippen LogP contribution in [0, 0.1) is 23.5 Å². The molecule has 0 unspecified atom stereocenters. The van der Waals surface area contributed by atoms with Gasteiger partial charge in [0.05, 0.1) is 0 Å². The van der Waals surface area contributed by atoms with Crippen LogP contribution in [-0.2, 0) is 0 Å². The lowest BCUT2D eigenvalue weighted by Gasteiger charge is -2.16. The van der Waals surface area contributed by atoms with Crippen LogP contribution in [0.25, 0.3) is 0 Å². The van der Waals surface area contributed by atoms with Crippen LogP contribution < -0.4 is 4.74 Å². The fourth-order valence-corrected chi connectivity index (χ4v) is 0.826. The summed E-state index contributed by atoms with van der Waals surface area (Å²) in [5.74, 6) is -15.3. The summed E-state index contributed by atoms with van der Waals surface area (Å²) in [4.78, 5) is 2.11. The molecule has 0 amide bonds. The molecule has 0 saturated carbocycles. The monoisotopic (exact) mass is 281 g/mol. The zero-order chi connectivity index (χ0) is 14.1. The number of hydrogen-bond donors (Lipinski definition) is 0. The Morgan fingerprint density at radius 1 is 1.00 bits per heavy atom. The van der Waals surface area contributed by atoms with Crippen LogP contribution >= 0.6 is 0 Å². The van der Waals surface area contributed by atoms with Gasteiger partial charge in [-0.2, -0.15) is 31.3 Å². The molecule has 0 radical (unpaired) electrons. The Hall–Kier alpha value is -1.61. The van der Waals surface area contributed by atoms with E-state index in [0.717, 1.165) is 0 Å². The highest BCUT2D eigenvalue weighted by molar-refractivity contribution is 5.24. The van der Waals surface area contributed by atoms with E-state index in [1.165, 1.54) is 0 Å². The van der Waals surface area contributed by atoms with Crippen molar-refractivity contribution in [3.8, 4) is 5.75 Å². The van der Waals surface area contributed by atoms with E-state index in [-0.39, 0.29) is 0 Å². The molecule has 0 aliphatic heterocycles. The van der Waals surface area contributed by atoms with Crippen molar-refractivity contribution in [1.29, 1.82) is 0 Å². The van der Waals surface area contributed by atoms with Gasteiger partial charge < -0.3 is 4.74 Å². The van der Waals surface area contributed by atoms with Gasteiger partial charge in [0.1, 0.15) is 0 Å². The van der Waals surface area contributed by atoms with Gasteiger partial charge in [0.2, 0.25) is 17.4 Å². The number of pyridine rings is 1. The molecule has 102 valence electrons. The molecule has 1 aromatic rings. The van der Waals surface area contributed by atoms with Crippen LogP contribution in [0.4, 0.5) is 35.1 Å². The van der Waals surface area contributed by atoms with Gasteiger partial charge in [-0.3, -0.25) is 0 Å². The predicted octanol–water partition coefficient (Wildman–Crippen LogP) is 2.92. The highest BCUT2D eigenvalue weighted by atomic mass is 19.3. The Bertz CT molecular complexity index is 423. The maximum absolute atomic E-state index is 12.8. The van der Waals surface area contributed by atoms with Crippen molar-refractivity contribution >= 4 is 0 Å². The fourth-order valence-electron chi connectivity index (χ4n) is 0.826. The molecule has 0 bridgehead atoms. The Balaban J connectivity index is 2.99. The van der Waals surface area contributed by atoms with Crippen molar-refractivity contribution in [1.82, 2.24) is 4.98 Å². The van der Waals surface area contributed by atoms with Crippen molar-refractivity contribution in [3.05, 3.63) is 23.5 Å². The van der Waals surface area contributed by atoms with Crippen LogP contribution in [0.3, 0.4) is 0 Å². The molecule has 0 spiro atoms. The van der Waals surface area contributed by atoms with Gasteiger partial charge in [0.15, 0.2) is 6.61 Å². The van der Waals surface area contributed by atoms with Gasteiger partial charge in [0.25, 0.3) is 11.9 Å². The molecular weight excluding hydrogens is 278 g/mol.